The van der Waals surface area contributed by atoms with Gasteiger partial charge in [0.15, 0.2) is 0 Å². The van der Waals surface area contributed by atoms with Crippen molar-refractivity contribution >= 4 is 11.8 Å². The quantitative estimate of drug-likeness (QED) is 0.452. The van der Waals surface area contributed by atoms with Crippen LogP contribution >= 0.6 is 0 Å². The number of pyridine rings is 1. The fraction of sp³-hybridized carbons (Fsp3) is 0.276. The summed E-state index contributed by atoms with van der Waals surface area (Å²) in [5.41, 5.74) is 6.70. The van der Waals surface area contributed by atoms with Gasteiger partial charge in [0.1, 0.15) is 22.8 Å². The molecule has 3 heterocycles. The number of primary amides is 1. The lowest BCUT2D eigenvalue weighted by Gasteiger charge is -2.36. The number of piperidine rings is 1. The molecule has 0 spiro atoms. The van der Waals surface area contributed by atoms with Gasteiger partial charge in [0.05, 0.1) is 0 Å². The van der Waals surface area contributed by atoms with Crippen molar-refractivity contribution in [1.29, 1.82) is 0 Å². The first kappa shape index (κ1) is 23.6. The van der Waals surface area contributed by atoms with E-state index in [1.807, 2.05) is 41.3 Å². The Morgan fingerprint density at radius 2 is 1.61 bits per heavy atom. The molecule has 2 N–H and O–H groups in total. The van der Waals surface area contributed by atoms with Gasteiger partial charge in [0.25, 0.3) is 5.91 Å². The smallest absolute Gasteiger partial charge is 0.254 e. The van der Waals surface area contributed by atoms with Crippen LogP contribution in [0.3, 0.4) is 0 Å². The van der Waals surface area contributed by atoms with Crippen LogP contribution in [0.4, 0.5) is 0 Å². The zero-order valence-corrected chi connectivity index (χ0v) is 20.0. The van der Waals surface area contributed by atoms with Crippen LogP contribution in [0.25, 0.3) is 0 Å². The number of para-hydroxylation sites is 1. The lowest BCUT2D eigenvalue weighted by Crippen LogP contribution is -2.44. The molecule has 3 unspecified atom stereocenters. The first-order chi connectivity index (χ1) is 17.5. The number of hydrogen-bond acceptors (Lipinski definition) is 5. The molecule has 3 aliphatic rings. The van der Waals surface area contributed by atoms with Gasteiger partial charge < -0.3 is 20.1 Å². The molecule has 0 radical (unpaired) electrons. The number of hydrogen-bond donors (Lipinski definition) is 1. The van der Waals surface area contributed by atoms with Gasteiger partial charge in [-0.2, -0.15) is 0 Å². The van der Waals surface area contributed by atoms with Crippen LogP contribution in [0.15, 0.2) is 79.4 Å². The number of carbonyl (C=O) groups excluding carboxylic acids is 2. The number of rotatable bonds is 7. The van der Waals surface area contributed by atoms with E-state index in [1.165, 1.54) is 6.08 Å². The average Bonchev–Trinajstić information content (AvgIpc) is 3.22. The Kier molecular flexibility index (Phi) is 6.71. The molecule has 3 aromatic rings. The molecule has 2 amide bonds. The zero-order chi connectivity index (χ0) is 25.1. The summed E-state index contributed by atoms with van der Waals surface area (Å²) in [6.07, 6.45) is 5.25. The molecule has 3 atom stereocenters. The van der Waals surface area contributed by atoms with E-state index in [0.717, 1.165) is 43.7 Å². The Morgan fingerprint density at radius 1 is 0.917 bits per heavy atom. The van der Waals surface area contributed by atoms with Crippen LogP contribution in [0.1, 0.15) is 47.7 Å². The van der Waals surface area contributed by atoms with Crippen molar-refractivity contribution in [3.63, 3.8) is 0 Å². The first-order valence-electron chi connectivity index (χ1n) is 12.2. The summed E-state index contributed by atoms with van der Waals surface area (Å²) in [6.45, 7) is 4.42. The van der Waals surface area contributed by atoms with Crippen LogP contribution in [0.2, 0.25) is 0 Å². The highest BCUT2D eigenvalue weighted by atomic mass is 16.5. The average molecular weight is 484 g/mol. The van der Waals surface area contributed by atoms with Gasteiger partial charge >= 0.3 is 0 Å². The minimum absolute atomic E-state index is 0.00824. The van der Waals surface area contributed by atoms with E-state index in [1.54, 1.807) is 30.3 Å². The standard InChI is InChI=1S/C29H29N3O4/c1-2-27(33)32-18-19-8-9-21(32)17-20(16-19)26-15-14-25(28(30)34)29(31-26)36-24-12-10-23(11-13-24)35-22-6-4-3-5-7-22/h2-7,10-15,19-21H,1,8-9,16-18H2,(H2,30,34). The molecule has 36 heavy (non-hydrogen) atoms. The van der Waals surface area contributed by atoms with Crippen LogP contribution in [-0.2, 0) is 4.79 Å². The predicted molar refractivity (Wildman–Crippen MR) is 136 cm³/mol. The minimum atomic E-state index is -0.600. The Bertz CT molecular complexity index is 1260. The molecule has 1 aliphatic carbocycles. The fourth-order valence-electron chi connectivity index (χ4n) is 5.26. The van der Waals surface area contributed by atoms with Gasteiger partial charge in [-0.3, -0.25) is 9.59 Å². The van der Waals surface area contributed by atoms with Gasteiger partial charge in [-0.25, -0.2) is 4.98 Å². The molecule has 2 bridgehead atoms. The third-order valence-electron chi connectivity index (χ3n) is 7.02. The Hall–Kier alpha value is -4.13. The largest absolute Gasteiger partial charge is 0.457 e. The summed E-state index contributed by atoms with van der Waals surface area (Å²) in [4.78, 5) is 31.2. The van der Waals surface area contributed by atoms with E-state index in [4.69, 9.17) is 20.2 Å². The minimum Gasteiger partial charge on any atom is -0.457 e. The second-order valence-corrected chi connectivity index (χ2v) is 9.40. The topological polar surface area (TPSA) is 94.8 Å². The van der Waals surface area contributed by atoms with E-state index in [0.29, 0.717) is 17.4 Å². The molecular formula is C29H29N3O4. The third kappa shape index (κ3) is 5.10. The van der Waals surface area contributed by atoms with E-state index in [-0.39, 0.29) is 29.3 Å². The van der Waals surface area contributed by atoms with E-state index in [9.17, 15) is 9.59 Å². The second kappa shape index (κ2) is 10.2. The highest BCUT2D eigenvalue weighted by molar-refractivity contribution is 5.95. The van der Waals surface area contributed by atoms with Crippen molar-refractivity contribution in [3.05, 3.63) is 90.6 Å². The van der Waals surface area contributed by atoms with Crippen molar-refractivity contribution in [3.8, 4) is 23.1 Å². The lowest BCUT2D eigenvalue weighted by molar-refractivity contribution is -0.130. The molecule has 1 saturated carbocycles. The molecular weight excluding hydrogens is 454 g/mol. The van der Waals surface area contributed by atoms with Crippen LogP contribution in [0, 0.1) is 5.92 Å². The molecule has 2 aromatic carbocycles. The first-order valence-corrected chi connectivity index (χ1v) is 12.2. The van der Waals surface area contributed by atoms with Gasteiger partial charge in [0.2, 0.25) is 11.8 Å². The monoisotopic (exact) mass is 483 g/mol. The van der Waals surface area contributed by atoms with Crippen molar-refractivity contribution in [2.75, 3.05) is 6.54 Å². The number of nitrogens with two attached hydrogens (primary N) is 1. The summed E-state index contributed by atoms with van der Waals surface area (Å²) in [6, 6.07) is 20.3. The molecule has 1 aromatic heterocycles. The maximum atomic E-state index is 12.4. The van der Waals surface area contributed by atoms with Gasteiger partial charge in [0, 0.05) is 24.2 Å². The van der Waals surface area contributed by atoms with Crippen molar-refractivity contribution < 1.29 is 19.1 Å². The molecule has 3 fully saturated rings. The highest BCUT2D eigenvalue weighted by Gasteiger charge is 2.38. The molecule has 184 valence electrons. The summed E-state index contributed by atoms with van der Waals surface area (Å²) in [5.74, 6) is 2.08. The third-order valence-corrected chi connectivity index (χ3v) is 7.02. The van der Waals surface area contributed by atoms with Crippen LogP contribution in [0.5, 0.6) is 23.1 Å². The fourth-order valence-corrected chi connectivity index (χ4v) is 5.26. The Labute approximate surface area is 210 Å². The number of fused-ring (bicyclic) bond motifs is 4. The number of ether oxygens (including phenoxy) is 2. The van der Waals surface area contributed by atoms with Crippen molar-refractivity contribution in [2.24, 2.45) is 11.7 Å². The van der Waals surface area contributed by atoms with E-state index in [2.05, 4.69) is 6.58 Å². The van der Waals surface area contributed by atoms with E-state index < -0.39 is 5.91 Å². The number of carbonyl (C=O) groups is 2. The molecule has 7 heteroatoms. The van der Waals surface area contributed by atoms with Crippen molar-refractivity contribution in [2.45, 2.75) is 37.6 Å². The van der Waals surface area contributed by atoms with Crippen molar-refractivity contribution in [1.82, 2.24) is 9.88 Å². The van der Waals surface area contributed by atoms with Gasteiger partial charge in [-0.15, -0.1) is 0 Å². The van der Waals surface area contributed by atoms with Crippen LogP contribution < -0.4 is 15.2 Å². The van der Waals surface area contributed by atoms with Gasteiger partial charge in [-0.05, 0) is 86.2 Å². The number of amides is 2. The lowest BCUT2D eigenvalue weighted by atomic mass is 9.91. The summed E-state index contributed by atoms with van der Waals surface area (Å²) in [5, 5.41) is 0. The number of benzene rings is 2. The predicted octanol–water partition coefficient (Wildman–Crippen LogP) is 5.44. The maximum Gasteiger partial charge on any atom is 0.254 e. The van der Waals surface area contributed by atoms with Crippen LogP contribution in [-0.4, -0.2) is 34.3 Å². The normalized spacial score (nSPS) is 20.9. The summed E-state index contributed by atoms with van der Waals surface area (Å²) >= 11 is 0. The van der Waals surface area contributed by atoms with E-state index >= 15 is 0 Å². The Balaban J connectivity index is 1.36. The maximum absolute atomic E-state index is 12.4. The Morgan fingerprint density at radius 3 is 2.31 bits per heavy atom. The molecule has 2 aliphatic heterocycles. The molecule has 7 nitrogen and oxygen atoms in total. The zero-order valence-electron chi connectivity index (χ0n) is 20.0. The highest BCUT2D eigenvalue weighted by Crippen LogP contribution is 2.41. The summed E-state index contributed by atoms with van der Waals surface area (Å²) < 4.78 is 11.9. The second-order valence-electron chi connectivity index (χ2n) is 9.40. The number of aromatic nitrogens is 1. The molecule has 6 rings (SSSR count). The van der Waals surface area contributed by atoms with Gasteiger partial charge in [-0.1, -0.05) is 24.8 Å². The SMILES string of the molecule is C=CC(=O)N1CC2CCC1CC(c1ccc(C(N)=O)c(Oc3ccc(Oc4ccccc4)cc3)n1)C2. The summed E-state index contributed by atoms with van der Waals surface area (Å²) in [7, 11) is 0. The molecule has 2 saturated heterocycles. The number of nitrogens with zero attached hydrogens (tertiary/aromatic N) is 2.